The third-order valence-electron chi connectivity index (χ3n) is 4.31. The monoisotopic (exact) mass is 344 g/mol. The number of nitrogen functional groups attached to an aromatic ring is 1. The lowest BCUT2D eigenvalue weighted by molar-refractivity contribution is 0.188. The van der Waals surface area contributed by atoms with Gasteiger partial charge in [-0.1, -0.05) is 12.1 Å². The Morgan fingerprint density at radius 2 is 1.96 bits per heavy atom. The van der Waals surface area contributed by atoms with Gasteiger partial charge in [0.2, 0.25) is 0 Å². The summed E-state index contributed by atoms with van der Waals surface area (Å²) in [5, 5.41) is 12.3. The molecule has 4 N–H and O–H groups in total. The highest BCUT2D eigenvalue weighted by molar-refractivity contribution is 5.79. The first-order chi connectivity index (χ1) is 12.2. The number of aliphatic hydroxyl groups is 1. The van der Waals surface area contributed by atoms with Crippen LogP contribution in [0.3, 0.4) is 0 Å². The van der Waals surface area contributed by atoms with E-state index in [4.69, 9.17) is 15.6 Å². The molecule has 1 aliphatic rings. The highest BCUT2D eigenvalue weighted by Gasteiger charge is 2.21. The van der Waals surface area contributed by atoms with Crippen molar-refractivity contribution in [2.75, 3.05) is 62.4 Å². The summed E-state index contributed by atoms with van der Waals surface area (Å²) < 4.78 is 5.36. The van der Waals surface area contributed by atoms with Gasteiger partial charge in [-0.05, 0) is 12.1 Å². The summed E-state index contributed by atoms with van der Waals surface area (Å²) >= 11 is 0. The standard InChI is InChI=1S/C17H24N6O2/c1-25-14-5-3-2-4-13(14)21-16-15(18)17(20-12-19-16)23-8-6-22(7-9-23)10-11-24/h2-5,12,24H,6-11,18H2,1H3,(H,19,20,21). The van der Waals surface area contributed by atoms with Crippen molar-refractivity contribution in [1.82, 2.24) is 14.9 Å². The number of aromatic nitrogens is 2. The maximum Gasteiger partial charge on any atom is 0.159 e. The number of anilines is 4. The zero-order chi connectivity index (χ0) is 17.6. The third-order valence-corrected chi connectivity index (χ3v) is 4.31. The average Bonchev–Trinajstić information content (AvgIpc) is 2.65. The summed E-state index contributed by atoms with van der Waals surface area (Å²) in [6.07, 6.45) is 1.52. The Hall–Kier alpha value is -2.58. The van der Waals surface area contributed by atoms with Gasteiger partial charge < -0.3 is 25.8 Å². The third kappa shape index (κ3) is 3.92. The molecule has 8 heteroatoms. The van der Waals surface area contributed by atoms with Gasteiger partial charge in [-0.15, -0.1) is 0 Å². The Kier molecular flexibility index (Phi) is 5.52. The van der Waals surface area contributed by atoms with Gasteiger partial charge in [-0.3, -0.25) is 4.90 Å². The molecule has 8 nitrogen and oxygen atoms in total. The number of hydrogen-bond donors (Lipinski definition) is 3. The zero-order valence-electron chi connectivity index (χ0n) is 14.4. The Bertz CT molecular complexity index is 703. The molecule has 2 aromatic rings. The van der Waals surface area contributed by atoms with E-state index in [0.29, 0.717) is 18.1 Å². The van der Waals surface area contributed by atoms with E-state index in [-0.39, 0.29) is 6.61 Å². The van der Waals surface area contributed by atoms with E-state index in [1.54, 1.807) is 7.11 Å². The van der Waals surface area contributed by atoms with Crippen LogP contribution in [0.15, 0.2) is 30.6 Å². The number of hydrogen-bond acceptors (Lipinski definition) is 8. The molecule has 1 aromatic heterocycles. The van der Waals surface area contributed by atoms with Crippen molar-refractivity contribution in [3.8, 4) is 5.75 Å². The molecule has 0 radical (unpaired) electrons. The lowest BCUT2D eigenvalue weighted by Crippen LogP contribution is -2.47. The second-order valence-corrected chi connectivity index (χ2v) is 5.84. The molecular weight excluding hydrogens is 320 g/mol. The van der Waals surface area contributed by atoms with E-state index in [9.17, 15) is 0 Å². The van der Waals surface area contributed by atoms with Crippen molar-refractivity contribution < 1.29 is 9.84 Å². The van der Waals surface area contributed by atoms with Crippen LogP contribution < -0.4 is 20.7 Å². The summed E-state index contributed by atoms with van der Waals surface area (Å²) in [6, 6.07) is 7.61. The maximum atomic E-state index is 9.05. The molecule has 0 unspecified atom stereocenters. The van der Waals surface area contributed by atoms with Crippen molar-refractivity contribution in [3.05, 3.63) is 30.6 Å². The number of nitrogens with two attached hydrogens (primary N) is 1. The summed E-state index contributed by atoms with van der Waals surface area (Å²) in [4.78, 5) is 13.0. The highest BCUT2D eigenvalue weighted by atomic mass is 16.5. The number of nitrogens with one attached hydrogen (secondary N) is 1. The van der Waals surface area contributed by atoms with Crippen LogP contribution in [0.4, 0.5) is 23.0 Å². The molecule has 0 bridgehead atoms. The number of nitrogens with zero attached hydrogens (tertiary/aromatic N) is 4. The first-order valence-corrected chi connectivity index (χ1v) is 8.31. The topological polar surface area (TPSA) is 99.8 Å². The van der Waals surface area contributed by atoms with Gasteiger partial charge in [0.15, 0.2) is 11.6 Å². The molecule has 134 valence electrons. The molecule has 0 amide bonds. The van der Waals surface area contributed by atoms with E-state index < -0.39 is 0 Å². The molecule has 0 spiro atoms. The predicted molar refractivity (Wildman–Crippen MR) is 98.5 cm³/mol. The number of benzene rings is 1. The SMILES string of the molecule is COc1ccccc1Nc1ncnc(N2CCN(CCO)CC2)c1N. The fourth-order valence-electron chi connectivity index (χ4n) is 2.94. The number of rotatable bonds is 6. The zero-order valence-corrected chi connectivity index (χ0v) is 14.4. The lowest BCUT2D eigenvalue weighted by Gasteiger charge is -2.35. The van der Waals surface area contributed by atoms with Gasteiger partial charge in [0, 0.05) is 32.7 Å². The van der Waals surface area contributed by atoms with Gasteiger partial charge >= 0.3 is 0 Å². The minimum atomic E-state index is 0.183. The maximum absolute atomic E-state index is 9.05. The molecule has 0 aliphatic carbocycles. The van der Waals surface area contributed by atoms with Crippen LogP contribution >= 0.6 is 0 Å². The van der Waals surface area contributed by atoms with Crippen molar-refractivity contribution in [2.45, 2.75) is 0 Å². The molecule has 3 rings (SSSR count). The van der Waals surface area contributed by atoms with E-state index in [2.05, 4.69) is 25.1 Å². The quantitative estimate of drug-likeness (QED) is 0.711. The van der Waals surface area contributed by atoms with Crippen LogP contribution in [-0.2, 0) is 0 Å². The van der Waals surface area contributed by atoms with Gasteiger partial charge in [-0.2, -0.15) is 0 Å². The molecule has 2 heterocycles. The number of methoxy groups -OCH3 is 1. The normalized spacial score (nSPS) is 15.2. The second-order valence-electron chi connectivity index (χ2n) is 5.84. The summed E-state index contributed by atoms with van der Waals surface area (Å²) in [7, 11) is 1.63. The Morgan fingerprint density at radius 1 is 1.20 bits per heavy atom. The molecule has 0 saturated carbocycles. The van der Waals surface area contributed by atoms with Crippen LogP contribution in [0, 0.1) is 0 Å². The van der Waals surface area contributed by atoms with Crippen molar-refractivity contribution in [1.29, 1.82) is 0 Å². The smallest absolute Gasteiger partial charge is 0.159 e. The van der Waals surface area contributed by atoms with Crippen LogP contribution in [0.25, 0.3) is 0 Å². The van der Waals surface area contributed by atoms with Crippen molar-refractivity contribution in [3.63, 3.8) is 0 Å². The van der Waals surface area contributed by atoms with Crippen molar-refractivity contribution >= 4 is 23.0 Å². The van der Waals surface area contributed by atoms with Crippen LogP contribution in [0.2, 0.25) is 0 Å². The van der Waals surface area contributed by atoms with E-state index in [1.165, 1.54) is 6.33 Å². The largest absolute Gasteiger partial charge is 0.495 e. The second kappa shape index (κ2) is 8.00. The van der Waals surface area contributed by atoms with Gasteiger partial charge in [-0.25, -0.2) is 9.97 Å². The van der Waals surface area contributed by atoms with Gasteiger partial charge in [0.05, 0.1) is 19.4 Å². The summed E-state index contributed by atoms with van der Waals surface area (Å²) in [6.45, 7) is 4.26. The Morgan fingerprint density at radius 3 is 2.68 bits per heavy atom. The van der Waals surface area contributed by atoms with Crippen molar-refractivity contribution in [2.24, 2.45) is 0 Å². The predicted octanol–water partition coefficient (Wildman–Crippen LogP) is 0.925. The Labute approximate surface area is 147 Å². The Balaban J connectivity index is 1.77. The fraction of sp³-hybridized carbons (Fsp3) is 0.412. The molecule has 1 fully saturated rings. The van der Waals surface area contributed by atoms with E-state index >= 15 is 0 Å². The fourth-order valence-corrected chi connectivity index (χ4v) is 2.94. The van der Waals surface area contributed by atoms with E-state index in [0.717, 1.165) is 43.4 Å². The van der Waals surface area contributed by atoms with E-state index in [1.807, 2.05) is 24.3 Å². The number of para-hydroxylation sites is 2. The van der Waals surface area contributed by atoms with Crippen LogP contribution in [0.1, 0.15) is 0 Å². The molecule has 1 saturated heterocycles. The van der Waals surface area contributed by atoms with Crippen LogP contribution in [-0.4, -0.2) is 66.4 Å². The van der Waals surface area contributed by atoms with Gasteiger partial charge in [0.1, 0.15) is 17.8 Å². The summed E-state index contributed by atoms with van der Waals surface area (Å²) in [5.74, 6) is 2.02. The summed E-state index contributed by atoms with van der Waals surface area (Å²) in [5.41, 5.74) is 7.64. The molecule has 0 atom stereocenters. The number of piperazine rings is 1. The van der Waals surface area contributed by atoms with Crippen LogP contribution in [0.5, 0.6) is 5.75 Å². The highest BCUT2D eigenvalue weighted by Crippen LogP contribution is 2.32. The number of β-amino-alcohol motifs (C(OH)–C–C–N with tert-alkyl or cyclic N) is 1. The molecule has 25 heavy (non-hydrogen) atoms. The molecule has 1 aliphatic heterocycles. The average molecular weight is 344 g/mol. The first-order valence-electron chi connectivity index (χ1n) is 8.31. The minimum absolute atomic E-state index is 0.183. The minimum Gasteiger partial charge on any atom is -0.495 e. The first kappa shape index (κ1) is 17.2. The molecule has 1 aromatic carbocycles. The molecular formula is C17H24N6O2. The van der Waals surface area contributed by atoms with Gasteiger partial charge in [0.25, 0.3) is 0 Å². The number of aliphatic hydroxyl groups excluding tert-OH is 1. The number of ether oxygens (including phenoxy) is 1. The lowest BCUT2D eigenvalue weighted by atomic mass is 10.2.